The number of methoxy groups -OCH3 is 1. The zero-order chi connectivity index (χ0) is 23.6. The lowest BCUT2D eigenvalue weighted by molar-refractivity contribution is -0.141. The number of hydrogen-bond donors (Lipinski definition) is 0. The molecule has 174 valence electrons. The average Bonchev–Trinajstić information content (AvgIpc) is 3.15. The van der Waals surface area contributed by atoms with E-state index < -0.39 is 21.9 Å². The van der Waals surface area contributed by atoms with Crippen LogP contribution in [-0.2, 0) is 26.1 Å². The van der Waals surface area contributed by atoms with Gasteiger partial charge >= 0.3 is 5.97 Å². The minimum absolute atomic E-state index is 0.0714. The molecular formula is C23H25N3O5S2. The molecule has 1 aliphatic rings. The Balaban J connectivity index is 1.64. The number of piperidine rings is 1. The van der Waals surface area contributed by atoms with Gasteiger partial charge in [-0.3, -0.25) is 9.59 Å². The minimum Gasteiger partial charge on any atom is -0.468 e. The minimum atomic E-state index is -3.60. The van der Waals surface area contributed by atoms with Crippen molar-refractivity contribution < 1.29 is 22.7 Å². The highest BCUT2D eigenvalue weighted by Gasteiger charge is 2.28. The Hall–Kier alpha value is -2.82. The Morgan fingerprint density at radius 1 is 1.15 bits per heavy atom. The summed E-state index contributed by atoms with van der Waals surface area (Å²) in [4.78, 5) is 29.5. The van der Waals surface area contributed by atoms with Crippen LogP contribution in [0.15, 0.2) is 58.4 Å². The highest BCUT2D eigenvalue weighted by molar-refractivity contribution is 7.89. The standard InChI is InChI=1S/C23H25N3O5S2/c1-16-6-5-13-25(14-16)33(29,30)18-11-9-17(10-12-18)22(28)24-23-26(15-21(27)31-2)19-7-3-4-8-20(19)32-23/h3-4,7-12,16H,5-6,13-15H2,1-2H3. The predicted molar refractivity (Wildman–Crippen MR) is 125 cm³/mol. The van der Waals surface area contributed by atoms with E-state index in [9.17, 15) is 18.0 Å². The molecule has 1 fully saturated rings. The molecule has 1 saturated heterocycles. The molecule has 33 heavy (non-hydrogen) atoms. The molecule has 1 unspecified atom stereocenters. The summed E-state index contributed by atoms with van der Waals surface area (Å²) < 4.78 is 34.7. The highest BCUT2D eigenvalue weighted by atomic mass is 32.2. The second-order valence-corrected chi connectivity index (χ2v) is 11.0. The largest absolute Gasteiger partial charge is 0.468 e. The molecule has 10 heteroatoms. The van der Waals surface area contributed by atoms with Crippen LogP contribution < -0.4 is 4.80 Å². The van der Waals surface area contributed by atoms with Crippen molar-refractivity contribution >= 4 is 43.5 Å². The Kier molecular flexibility index (Phi) is 6.78. The number of carbonyl (C=O) groups excluding carboxylic acids is 2. The molecule has 0 saturated carbocycles. The van der Waals surface area contributed by atoms with Gasteiger partial charge in [-0.2, -0.15) is 9.30 Å². The van der Waals surface area contributed by atoms with Crippen LogP contribution in [0.4, 0.5) is 0 Å². The first-order valence-electron chi connectivity index (χ1n) is 10.6. The van der Waals surface area contributed by atoms with Gasteiger partial charge < -0.3 is 9.30 Å². The number of hydrogen-bond acceptors (Lipinski definition) is 6. The molecule has 1 aliphatic heterocycles. The van der Waals surface area contributed by atoms with Gasteiger partial charge in [-0.05, 0) is 55.2 Å². The van der Waals surface area contributed by atoms with Gasteiger partial charge in [0, 0.05) is 18.7 Å². The van der Waals surface area contributed by atoms with Crippen molar-refractivity contribution in [3.05, 3.63) is 58.9 Å². The summed E-state index contributed by atoms with van der Waals surface area (Å²) in [6.07, 6.45) is 1.87. The molecule has 2 heterocycles. The smallest absolute Gasteiger partial charge is 0.325 e. The molecule has 4 rings (SSSR count). The topological polar surface area (TPSA) is 98.0 Å². The average molecular weight is 488 g/mol. The van der Waals surface area contributed by atoms with Crippen LogP contribution in [0.1, 0.15) is 30.1 Å². The number of ether oxygens (including phenoxy) is 1. The van der Waals surface area contributed by atoms with Crippen LogP contribution in [-0.4, -0.2) is 49.4 Å². The molecule has 2 aromatic carbocycles. The Morgan fingerprint density at radius 3 is 2.58 bits per heavy atom. The zero-order valence-corrected chi connectivity index (χ0v) is 20.1. The summed E-state index contributed by atoms with van der Waals surface area (Å²) in [5.74, 6) is -0.643. The van der Waals surface area contributed by atoms with Gasteiger partial charge in [-0.15, -0.1) is 0 Å². The number of benzene rings is 2. The molecule has 0 aliphatic carbocycles. The van der Waals surface area contributed by atoms with Crippen molar-refractivity contribution in [1.29, 1.82) is 0 Å². The molecule has 8 nitrogen and oxygen atoms in total. The van der Waals surface area contributed by atoms with E-state index in [-0.39, 0.29) is 17.0 Å². The van der Waals surface area contributed by atoms with Crippen molar-refractivity contribution in [2.75, 3.05) is 20.2 Å². The second-order valence-electron chi connectivity index (χ2n) is 8.07. The first kappa shape index (κ1) is 23.3. The number of amides is 1. The monoisotopic (exact) mass is 487 g/mol. The SMILES string of the molecule is COC(=O)Cn1c(=NC(=O)c2ccc(S(=O)(=O)N3CCCC(C)C3)cc2)sc2ccccc21. The zero-order valence-electron chi connectivity index (χ0n) is 18.4. The van der Waals surface area contributed by atoms with E-state index in [0.29, 0.717) is 23.8 Å². The first-order valence-corrected chi connectivity index (χ1v) is 12.9. The number of sulfonamides is 1. The van der Waals surface area contributed by atoms with Crippen molar-refractivity contribution in [3.63, 3.8) is 0 Å². The number of thiazole rings is 1. The van der Waals surface area contributed by atoms with Crippen LogP contribution in [0.3, 0.4) is 0 Å². The molecule has 1 atom stereocenters. The van der Waals surface area contributed by atoms with E-state index in [0.717, 1.165) is 23.1 Å². The molecule has 1 amide bonds. The van der Waals surface area contributed by atoms with Gasteiger partial charge in [-0.1, -0.05) is 30.4 Å². The van der Waals surface area contributed by atoms with Gasteiger partial charge in [0.05, 0.1) is 22.2 Å². The summed E-state index contributed by atoms with van der Waals surface area (Å²) in [7, 11) is -2.29. The van der Waals surface area contributed by atoms with E-state index in [1.165, 1.54) is 47.0 Å². The lowest BCUT2D eigenvalue weighted by Gasteiger charge is -2.30. The third-order valence-electron chi connectivity index (χ3n) is 5.66. The van der Waals surface area contributed by atoms with Crippen LogP contribution >= 0.6 is 11.3 Å². The number of fused-ring (bicyclic) bond motifs is 1. The summed E-state index contributed by atoms with van der Waals surface area (Å²) in [6.45, 7) is 2.99. The number of carbonyl (C=O) groups is 2. The molecule has 0 bridgehead atoms. The number of aromatic nitrogens is 1. The number of esters is 1. The van der Waals surface area contributed by atoms with Gasteiger partial charge in [0.1, 0.15) is 6.54 Å². The first-order chi connectivity index (χ1) is 15.8. The Morgan fingerprint density at radius 2 is 1.88 bits per heavy atom. The lowest BCUT2D eigenvalue weighted by atomic mass is 10.0. The van der Waals surface area contributed by atoms with Crippen LogP contribution in [0, 0.1) is 5.92 Å². The van der Waals surface area contributed by atoms with E-state index in [2.05, 4.69) is 4.99 Å². The van der Waals surface area contributed by atoms with Gasteiger partial charge in [0.15, 0.2) is 4.80 Å². The molecular weight excluding hydrogens is 462 g/mol. The lowest BCUT2D eigenvalue weighted by Crippen LogP contribution is -2.39. The quantitative estimate of drug-likeness (QED) is 0.515. The fourth-order valence-electron chi connectivity index (χ4n) is 3.89. The third-order valence-corrected chi connectivity index (χ3v) is 8.60. The molecule has 0 spiro atoms. The third kappa shape index (κ3) is 4.92. The van der Waals surface area contributed by atoms with Crippen molar-refractivity contribution in [3.8, 4) is 0 Å². The summed E-state index contributed by atoms with van der Waals surface area (Å²) in [6, 6.07) is 13.3. The predicted octanol–water partition coefficient (Wildman–Crippen LogP) is 3.04. The number of para-hydroxylation sites is 1. The summed E-state index contributed by atoms with van der Waals surface area (Å²) in [5.41, 5.74) is 1.04. The van der Waals surface area contributed by atoms with E-state index in [1.54, 1.807) is 4.57 Å². The Bertz CT molecular complexity index is 1360. The van der Waals surface area contributed by atoms with Gasteiger partial charge in [0.2, 0.25) is 10.0 Å². The van der Waals surface area contributed by atoms with Crippen LogP contribution in [0.5, 0.6) is 0 Å². The van der Waals surface area contributed by atoms with Crippen LogP contribution in [0.25, 0.3) is 10.2 Å². The van der Waals surface area contributed by atoms with Crippen molar-refractivity contribution in [1.82, 2.24) is 8.87 Å². The number of rotatable bonds is 5. The second kappa shape index (κ2) is 9.58. The summed E-state index contributed by atoms with van der Waals surface area (Å²) in [5, 5.41) is 0. The summed E-state index contributed by atoms with van der Waals surface area (Å²) >= 11 is 1.29. The van der Waals surface area contributed by atoms with E-state index in [4.69, 9.17) is 4.74 Å². The Labute approximate surface area is 196 Å². The fraction of sp³-hybridized carbons (Fsp3) is 0.348. The van der Waals surface area contributed by atoms with Crippen molar-refractivity contribution in [2.45, 2.75) is 31.2 Å². The maximum Gasteiger partial charge on any atom is 0.325 e. The van der Waals surface area contributed by atoms with E-state index >= 15 is 0 Å². The maximum atomic E-state index is 13.0. The molecule has 0 N–H and O–H groups in total. The van der Waals surface area contributed by atoms with Gasteiger partial charge in [0.25, 0.3) is 5.91 Å². The van der Waals surface area contributed by atoms with Crippen LogP contribution in [0.2, 0.25) is 0 Å². The highest BCUT2D eigenvalue weighted by Crippen LogP contribution is 2.24. The van der Waals surface area contributed by atoms with E-state index in [1.807, 2.05) is 31.2 Å². The normalized spacial score (nSPS) is 17.9. The molecule has 0 radical (unpaired) electrons. The van der Waals surface area contributed by atoms with Gasteiger partial charge in [-0.25, -0.2) is 8.42 Å². The number of nitrogens with zero attached hydrogens (tertiary/aromatic N) is 3. The fourth-order valence-corrected chi connectivity index (χ4v) is 6.51. The van der Waals surface area contributed by atoms with Crippen molar-refractivity contribution in [2.24, 2.45) is 10.9 Å². The maximum absolute atomic E-state index is 13.0. The molecule has 3 aromatic rings. The molecule has 1 aromatic heterocycles.